The molecule has 0 aromatic heterocycles. The van der Waals surface area contributed by atoms with Crippen molar-refractivity contribution in [3.05, 3.63) is 90.0 Å². The molecule has 148 valence electrons. The van der Waals surface area contributed by atoms with Gasteiger partial charge in [0.2, 0.25) is 0 Å². The molecule has 4 heteroatoms. The third-order valence-electron chi connectivity index (χ3n) is 5.32. The van der Waals surface area contributed by atoms with Crippen LogP contribution in [0.1, 0.15) is 15.9 Å². The summed E-state index contributed by atoms with van der Waals surface area (Å²) in [7, 11) is 1.85. The van der Waals surface area contributed by atoms with Crippen molar-refractivity contribution in [3.8, 4) is 11.1 Å². The summed E-state index contributed by atoms with van der Waals surface area (Å²) < 4.78 is 5.41. The fourth-order valence-corrected chi connectivity index (χ4v) is 3.64. The average Bonchev–Trinajstić information content (AvgIpc) is 2.80. The van der Waals surface area contributed by atoms with Crippen molar-refractivity contribution in [1.82, 2.24) is 4.90 Å². The second-order valence-electron chi connectivity index (χ2n) is 7.37. The summed E-state index contributed by atoms with van der Waals surface area (Å²) >= 11 is 0. The molecule has 4 nitrogen and oxygen atoms in total. The molecule has 1 saturated heterocycles. The maximum atomic E-state index is 12.8. The van der Waals surface area contributed by atoms with Crippen molar-refractivity contribution in [2.45, 2.75) is 6.54 Å². The van der Waals surface area contributed by atoms with Crippen LogP contribution < -0.4 is 4.90 Å². The van der Waals surface area contributed by atoms with Crippen molar-refractivity contribution in [2.75, 3.05) is 38.3 Å². The number of morpholine rings is 1. The second kappa shape index (κ2) is 8.93. The van der Waals surface area contributed by atoms with Gasteiger partial charge in [0.15, 0.2) is 0 Å². The Labute approximate surface area is 172 Å². The van der Waals surface area contributed by atoms with E-state index >= 15 is 0 Å². The molecule has 0 bridgehead atoms. The molecule has 0 spiro atoms. The van der Waals surface area contributed by atoms with Crippen molar-refractivity contribution in [1.29, 1.82) is 0 Å². The van der Waals surface area contributed by atoms with Crippen molar-refractivity contribution in [2.24, 2.45) is 0 Å². The predicted molar refractivity (Wildman–Crippen MR) is 117 cm³/mol. The molecule has 0 radical (unpaired) electrons. The van der Waals surface area contributed by atoms with Gasteiger partial charge < -0.3 is 14.5 Å². The first-order chi connectivity index (χ1) is 14.2. The molecule has 29 heavy (non-hydrogen) atoms. The highest BCUT2D eigenvalue weighted by molar-refractivity contribution is 5.94. The summed E-state index contributed by atoms with van der Waals surface area (Å²) in [5.41, 5.74) is 5.31. The van der Waals surface area contributed by atoms with Crippen LogP contribution in [0.2, 0.25) is 0 Å². The van der Waals surface area contributed by atoms with Gasteiger partial charge in [-0.05, 0) is 41.0 Å². The van der Waals surface area contributed by atoms with Gasteiger partial charge >= 0.3 is 0 Å². The number of carbonyl (C=O) groups excluding carboxylic acids is 1. The molecule has 0 aliphatic carbocycles. The molecule has 3 aromatic rings. The Bertz CT molecular complexity index is 931. The molecule has 1 fully saturated rings. The Hall–Kier alpha value is -3.11. The van der Waals surface area contributed by atoms with Crippen molar-refractivity contribution < 1.29 is 9.53 Å². The molecule has 1 aliphatic rings. The summed E-state index contributed by atoms with van der Waals surface area (Å²) in [6.07, 6.45) is 0. The first-order valence-electron chi connectivity index (χ1n) is 10.0. The minimum atomic E-state index is 0.0295. The molecule has 1 heterocycles. The van der Waals surface area contributed by atoms with E-state index < -0.39 is 0 Å². The van der Waals surface area contributed by atoms with Gasteiger partial charge in [0.25, 0.3) is 5.91 Å². The lowest BCUT2D eigenvalue weighted by Gasteiger charge is -2.29. The Morgan fingerprint density at radius 1 is 0.862 bits per heavy atom. The Morgan fingerprint density at radius 3 is 2.14 bits per heavy atom. The Balaban J connectivity index is 1.39. The molecule has 1 amide bonds. The molecule has 0 saturated carbocycles. The topological polar surface area (TPSA) is 32.8 Å². The van der Waals surface area contributed by atoms with Crippen LogP contribution in [0.25, 0.3) is 11.1 Å². The minimum absolute atomic E-state index is 0.0295. The number of ether oxygens (including phenoxy) is 1. The first-order valence-corrected chi connectivity index (χ1v) is 10.0. The van der Waals surface area contributed by atoms with Crippen LogP contribution >= 0.6 is 0 Å². The summed E-state index contributed by atoms with van der Waals surface area (Å²) in [6.45, 7) is 4.00. The number of amides is 1. The van der Waals surface area contributed by atoms with E-state index in [0.717, 1.165) is 43.0 Å². The zero-order valence-corrected chi connectivity index (χ0v) is 16.8. The molecule has 0 atom stereocenters. The first kappa shape index (κ1) is 19.2. The number of benzene rings is 3. The van der Waals surface area contributed by atoms with Crippen LogP contribution in [0, 0.1) is 0 Å². The number of nitrogens with zero attached hydrogens (tertiary/aromatic N) is 2. The number of rotatable bonds is 5. The van der Waals surface area contributed by atoms with E-state index in [4.69, 9.17) is 4.74 Å². The summed E-state index contributed by atoms with van der Waals surface area (Å²) in [4.78, 5) is 16.9. The highest BCUT2D eigenvalue weighted by atomic mass is 16.5. The maximum Gasteiger partial charge on any atom is 0.253 e. The lowest BCUT2D eigenvalue weighted by molar-refractivity contribution is 0.0785. The van der Waals surface area contributed by atoms with E-state index in [1.807, 2.05) is 49.5 Å². The van der Waals surface area contributed by atoms with Gasteiger partial charge in [-0.3, -0.25) is 4.79 Å². The lowest BCUT2D eigenvalue weighted by atomic mass is 10.0. The largest absolute Gasteiger partial charge is 0.378 e. The molecule has 4 rings (SSSR count). The van der Waals surface area contributed by atoms with Gasteiger partial charge in [-0.1, -0.05) is 54.6 Å². The van der Waals surface area contributed by atoms with Crippen molar-refractivity contribution in [3.63, 3.8) is 0 Å². The fraction of sp³-hybridized carbons (Fsp3) is 0.240. The number of hydrogen-bond acceptors (Lipinski definition) is 3. The van der Waals surface area contributed by atoms with Gasteiger partial charge in [-0.2, -0.15) is 0 Å². The Kier molecular flexibility index (Phi) is 5.92. The zero-order valence-electron chi connectivity index (χ0n) is 16.8. The predicted octanol–water partition coefficient (Wildman–Crippen LogP) is 4.46. The second-order valence-corrected chi connectivity index (χ2v) is 7.37. The van der Waals surface area contributed by atoms with Crippen LogP contribution in [0.5, 0.6) is 0 Å². The molecular weight excluding hydrogens is 360 g/mol. The van der Waals surface area contributed by atoms with E-state index in [0.29, 0.717) is 12.1 Å². The fourth-order valence-electron chi connectivity index (χ4n) is 3.64. The summed E-state index contributed by atoms with van der Waals surface area (Å²) in [5.74, 6) is 0.0295. The minimum Gasteiger partial charge on any atom is -0.378 e. The monoisotopic (exact) mass is 386 g/mol. The summed E-state index contributed by atoms with van der Waals surface area (Å²) in [6, 6.07) is 26.5. The molecule has 0 unspecified atom stereocenters. The van der Waals surface area contributed by atoms with Gasteiger partial charge in [0.1, 0.15) is 0 Å². The molecule has 1 aliphatic heterocycles. The molecular formula is C25H26N2O2. The molecule has 3 aromatic carbocycles. The van der Waals surface area contributed by atoms with Gasteiger partial charge in [0, 0.05) is 37.9 Å². The van der Waals surface area contributed by atoms with Crippen LogP contribution in [0.15, 0.2) is 78.9 Å². The van der Waals surface area contributed by atoms with E-state index in [1.165, 1.54) is 5.69 Å². The van der Waals surface area contributed by atoms with Gasteiger partial charge in [-0.25, -0.2) is 0 Å². The van der Waals surface area contributed by atoms with E-state index in [-0.39, 0.29) is 5.91 Å². The highest BCUT2D eigenvalue weighted by Gasteiger charge is 2.14. The van der Waals surface area contributed by atoms with Crippen LogP contribution in [0.3, 0.4) is 0 Å². The lowest BCUT2D eigenvalue weighted by Crippen LogP contribution is -2.36. The Morgan fingerprint density at radius 2 is 1.48 bits per heavy atom. The maximum absolute atomic E-state index is 12.8. The number of hydrogen-bond donors (Lipinski definition) is 0. The van der Waals surface area contributed by atoms with Crippen LogP contribution in [0.4, 0.5) is 5.69 Å². The quantitative estimate of drug-likeness (QED) is 0.649. The van der Waals surface area contributed by atoms with Crippen molar-refractivity contribution >= 4 is 11.6 Å². The van der Waals surface area contributed by atoms with E-state index in [1.54, 1.807) is 4.90 Å². The van der Waals surface area contributed by atoms with Crippen LogP contribution in [-0.2, 0) is 11.3 Å². The summed E-state index contributed by atoms with van der Waals surface area (Å²) in [5, 5.41) is 0. The molecule has 0 N–H and O–H groups in total. The average molecular weight is 386 g/mol. The third-order valence-corrected chi connectivity index (χ3v) is 5.32. The standard InChI is InChI=1S/C25H26N2O2/c1-26(19-20-7-13-24(14-8-20)27-15-17-29-18-16-27)25(28)23-11-9-22(10-12-23)21-5-3-2-4-6-21/h2-14H,15-19H2,1H3. The third kappa shape index (κ3) is 4.66. The SMILES string of the molecule is CN(Cc1ccc(N2CCOCC2)cc1)C(=O)c1ccc(-c2ccccc2)cc1. The smallest absolute Gasteiger partial charge is 0.253 e. The van der Waals surface area contributed by atoms with Crippen LogP contribution in [-0.4, -0.2) is 44.2 Å². The van der Waals surface area contributed by atoms with E-state index in [2.05, 4.69) is 41.3 Å². The highest BCUT2D eigenvalue weighted by Crippen LogP contribution is 2.21. The normalized spacial score (nSPS) is 13.9. The van der Waals surface area contributed by atoms with E-state index in [9.17, 15) is 4.79 Å². The number of anilines is 1. The zero-order chi connectivity index (χ0) is 20.1. The van der Waals surface area contributed by atoms with Gasteiger partial charge in [-0.15, -0.1) is 0 Å². The van der Waals surface area contributed by atoms with Gasteiger partial charge in [0.05, 0.1) is 13.2 Å². The number of carbonyl (C=O) groups is 1.